The van der Waals surface area contributed by atoms with Crippen molar-refractivity contribution in [3.05, 3.63) is 33.6 Å². The molecule has 2 aromatic rings. The van der Waals surface area contributed by atoms with Gasteiger partial charge in [-0.1, -0.05) is 45.2 Å². The Labute approximate surface area is 133 Å². The maximum Gasteiger partial charge on any atom is 0.0627 e. The van der Waals surface area contributed by atoms with Crippen LogP contribution in [0.15, 0.2) is 28.1 Å². The molecule has 0 saturated carbocycles. The third-order valence-electron chi connectivity index (χ3n) is 3.75. The number of thiophene rings is 1. The Bertz CT molecular complexity index is 535. The Kier molecular flexibility index (Phi) is 5.73. The highest BCUT2D eigenvalue weighted by Crippen LogP contribution is 2.42. The van der Waals surface area contributed by atoms with Crippen molar-refractivity contribution in [3.8, 4) is 0 Å². The molecule has 0 aliphatic rings. The second-order valence-corrected chi connectivity index (χ2v) is 7.22. The van der Waals surface area contributed by atoms with Gasteiger partial charge in [-0.15, -0.1) is 22.9 Å². The lowest BCUT2D eigenvalue weighted by Crippen LogP contribution is -2.06. The van der Waals surface area contributed by atoms with Crippen LogP contribution in [0.4, 0.5) is 0 Å². The van der Waals surface area contributed by atoms with E-state index < -0.39 is 0 Å². The van der Waals surface area contributed by atoms with E-state index in [0.29, 0.717) is 5.92 Å². The van der Waals surface area contributed by atoms with Crippen molar-refractivity contribution in [2.24, 2.45) is 5.92 Å². The third kappa shape index (κ3) is 3.34. The van der Waals surface area contributed by atoms with Crippen molar-refractivity contribution >= 4 is 49.0 Å². The van der Waals surface area contributed by atoms with Crippen LogP contribution in [0, 0.1) is 5.92 Å². The summed E-state index contributed by atoms with van der Waals surface area (Å²) >= 11 is 12.2. The van der Waals surface area contributed by atoms with Gasteiger partial charge in [0.05, 0.1) is 5.38 Å². The number of hydrogen-bond donors (Lipinski definition) is 0. The largest absolute Gasteiger partial charge is 0.142 e. The van der Waals surface area contributed by atoms with Crippen molar-refractivity contribution in [3.63, 3.8) is 0 Å². The van der Waals surface area contributed by atoms with Crippen LogP contribution in [0.5, 0.6) is 0 Å². The Morgan fingerprint density at radius 2 is 2.11 bits per heavy atom. The maximum absolute atomic E-state index is 6.77. The fraction of sp³-hybridized carbons (Fsp3) is 0.500. The molecule has 0 nitrogen and oxygen atoms in total. The van der Waals surface area contributed by atoms with E-state index in [1.807, 2.05) is 0 Å². The van der Waals surface area contributed by atoms with Crippen molar-refractivity contribution in [1.82, 2.24) is 0 Å². The Hall–Kier alpha value is -0.0500. The van der Waals surface area contributed by atoms with Gasteiger partial charge >= 0.3 is 0 Å². The highest BCUT2D eigenvalue weighted by molar-refractivity contribution is 9.10. The SMILES string of the molecule is CCCCC(CC)C(Cl)c1csc2c(Br)cccc12. The van der Waals surface area contributed by atoms with E-state index in [9.17, 15) is 0 Å². The summed E-state index contributed by atoms with van der Waals surface area (Å²) in [5, 5.41) is 3.69. The van der Waals surface area contributed by atoms with Crippen LogP contribution in [0.25, 0.3) is 10.1 Å². The molecule has 1 heterocycles. The van der Waals surface area contributed by atoms with Gasteiger partial charge in [0.15, 0.2) is 0 Å². The van der Waals surface area contributed by atoms with Gasteiger partial charge in [-0.05, 0) is 50.7 Å². The molecule has 0 N–H and O–H groups in total. The van der Waals surface area contributed by atoms with Crippen LogP contribution in [-0.2, 0) is 0 Å². The van der Waals surface area contributed by atoms with Crippen LogP contribution in [0.1, 0.15) is 50.5 Å². The molecule has 1 aromatic heterocycles. The molecule has 0 radical (unpaired) electrons. The molecule has 0 amide bonds. The summed E-state index contributed by atoms with van der Waals surface area (Å²) in [4.78, 5) is 0. The van der Waals surface area contributed by atoms with Crippen molar-refractivity contribution in [1.29, 1.82) is 0 Å². The summed E-state index contributed by atoms with van der Waals surface area (Å²) in [7, 11) is 0. The van der Waals surface area contributed by atoms with Gasteiger partial charge in [-0.2, -0.15) is 0 Å². The summed E-state index contributed by atoms with van der Waals surface area (Å²) in [5.41, 5.74) is 1.31. The van der Waals surface area contributed by atoms with Gasteiger partial charge in [-0.25, -0.2) is 0 Å². The molecule has 1 aromatic carbocycles. The van der Waals surface area contributed by atoms with Crippen molar-refractivity contribution < 1.29 is 0 Å². The molecular formula is C16H20BrClS. The quantitative estimate of drug-likeness (QED) is 0.480. The van der Waals surface area contributed by atoms with E-state index in [2.05, 4.69) is 53.4 Å². The van der Waals surface area contributed by atoms with Gasteiger partial charge in [0.25, 0.3) is 0 Å². The number of alkyl halides is 1. The first-order chi connectivity index (χ1) is 9.19. The Morgan fingerprint density at radius 3 is 2.79 bits per heavy atom. The summed E-state index contributed by atoms with van der Waals surface area (Å²) in [5.74, 6) is 0.582. The number of halogens is 2. The molecule has 0 aliphatic carbocycles. The molecule has 0 fully saturated rings. The lowest BCUT2D eigenvalue weighted by molar-refractivity contribution is 0.439. The minimum atomic E-state index is 0.139. The van der Waals surface area contributed by atoms with Gasteiger partial charge in [0.2, 0.25) is 0 Å². The lowest BCUT2D eigenvalue weighted by atomic mass is 9.91. The number of benzene rings is 1. The van der Waals surface area contributed by atoms with E-state index in [1.54, 1.807) is 11.3 Å². The van der Waals surface area contributed by atoms with Gasteiger partial charge in [0.1, 0.15) is 0 Å². The Balaban J connectivity index is 2.30. The highest BCUT2D eigenvalue weighted by Gasteiger charge is 2.22. The highest BCUT2D eigenvalue weighted by atomic mass is 79.9. The zero-order valence-electron chi connectivity index (χ0n) is 11.5. The molecule has 2 unspecified atom stereocenters. The summed E-state index contributed by atoms with van der Waals surface area (Å²) in [6.45, 7) is 4.49. The van der Waals surface area contributed by atoms with Crippen LogP contribution >= 0.6 is 38.9 Å². The second kappa shape index (κ2) is 7.10. The van der Waals surface area contributed by atoms with Gasteiger partial charge < -0.3 is 0 Å². The summed E-state index contributed by atoms with van der Waals surface area (Å²) < 4.78 is 2.49. The van der Waals surface area contributed by atoms with E-state index in [0.717, 1.165) is 6.42 Å². The van der Waals surface area contributed by atoms with Gasteiger partial charge in [0, 0.05) is 9.17 Å². The molecule has 2 rings (SSSR count). The summed E-state index contributed by atoms with van der Waals surface area (Å²) in [6.07, 6.45) is 4.90. The number of rotatable bonds is 6. The first-order valence-corrected chi connectivity index (χ1v) is 9.09. The van der Waals surface area contributed by atoms with Crippen LogP contribution in [0.2, 0.25) is 0 Å². The number of hydrogen-bond acceptors (Lipinski definition) is 1. The molecular weight excluding hydrogens is 340 g/mol. The average molecular weight is 360 g/mol. The lowest BCUT2D eigenvalue weighted by Gasteiger charge is -2.20. The number of unbranched alkanes of at least 4 members (excludes halogenated alkanes) is 1. The normalized spacial score (nSPS) is 14.7. The molecule has 2 atom stereocenters. The van der Waals surface area contributed by atoms with Crippen LogP contribution in [0.3, 0.4) is 0 Å². The minimum Gasteiger partial charge on any atom is -0.142 e. The van der Waals surface area contributed by atoms with E-state index in [4.69, 9.17) is 11.6 Å². The van der Waals surface area contributed by atoms with Gasteiger partial charge in [-0.3, -0.25) is 0 Å². The molecule has 19 heavy (non-hydrogen) atoms. The smallest absolute Gasteiger partial charge is 0.0627 e. The first-order valence-electron chi connectivity index (χ1n) is 6.98. The maximum atomic E-state index is 6.77. The summed E-state index contributed by atoms with van der Waals surface area (Å²) in [6, 6.07) is 6.38. The van der Waals surface area contributed by atoms with E-state index in [1.165, 1.54) is 39.4 Å². The molecule has 104 valence electrons. The van der Waals surface area contributed by atoms with E-state index >= 15 is 0 Å². The molecule has 0 saturated heterocycles. The molecule has 0 bridgehead atoms. The standard InChI is InChI=1S/C16H20BrClS/c1-3-5-7-11(4-2)15(18)13-10-19-16-12(13)8-6-9-14(16)17/h6,8-11,15H,3-5,7H2,1-2H3. The first kappa shape index (κ1) is 15.3. The molecule has 0 spiro atoms. The van der Waals surface area contributed by atoms with Crippen LogP contribution < -0.4 is 0 Å². The fourth-order valence-corrected chi connectivity index (χ4v) is 4.75. The predicted octanol–water partition coefficient (Wildman–Crippen LogP) is 7.16. The molecule has 3 heteroatoms. The van der Waals surface area contributed by atoms with Crippen LogP contribution in [-0.4, -0.2) is 0 Å². The van der Waals surface area contributed by atoms with Crippen molar-refractivity contribution in [2.75, 3.05) is 0 Å². The van der Waals surface area contributed by atoms with E-state index in [-0.39, 0.29) is 5.38 Å². The average Bonchev–Trinajstić information content (AvgIpc) is 2.84. The number of fused-ring (bicyclic) bond motifs is 1. The molecule has 0 aliphatic heterocycles. The zero-order valence-corrected chi connectivity index (χ0v) is 14.6. The van der Waals surface area contributed by atoms with Crippen molar-refractivity contribution in [2.45, 2.75) is 44.9 Å². The predicted molar refractivity (Wildman–Crippen MR) is 91.4 cm³/mol. The minimum absolute atomic E-state index is 0.139. The fourth-order valence-electron chi connectivity index (χ4n) is 2.53. The topological polar surface area (TPSA) is 0 Å². The Morgan fingerprint density at radius 1 is 1.32 bits per heavy atom. The second-order valence-electron chi connectivity index (χ2n) is 5.02. The zero-order chi connectivity index (χ0) is 13.8. The third-order valence-corrected chi connectivity index (χ3v) is 6.31. The monoisotopic (exact) mass is 358 g/mol.